The van der Waals surface area contributed by atoms with Gasteiger partial charge in [-0.25, -0.2) is 0 Å². The Morgan fingerprint density at radius 1 is 1.22 bits per heavy atom. The van der Waals surface area contributed by atoms with Crippen molar-refractivity contribution >= 4 is 27.5 Å². The van der Waals surface area contributed by atoms with Crippen LogP contribution in [-0.2, 0) is 4.79 Å². The van der Waals surface area contributed by atoms with Crippen molar-refractivity contribution in [3.63, 3.8) is 0 Å². The largest absolute Gasteiger partial charge is 0.393 e. The number of benzene rings is 1. The van der Waals surface area contributed by atoms with E-state index in [0.29, 0.717) is 0 Å². The Kier molecular flexibility index (Phi) is 4.40. The van der Waals surface area contributed by atoms with E-state index in [1.165, 1.54) is 0 Å². The zero-order chi connectivity index (χ0) is 13.1. The third-order valence-electron chi connectivity index (χ3n) is 3.59. The van der Waals surface area contributed by atoms with Gasteiger partial charge in [0.25, 0.3) is 0 Å². The molecule has 2 rings (SSSR count). The van der Waals surface area contributed by atoms with Crippen LogP contribution in [0.3, 0.4) is 0 Å². The quantitative estimate of drug-likeness (QED) is 0.912. The van der Waals surface area contributed by atoms with Gasteiger partial charge in [0.15, 0.2) is 0 Å². The first-order chi connectivity index (χ1) is 8.58. The van der Waals surface area contributed by atoms with Crippen LogP contribution in [0.4, 0.5) is 5.69 Å². The molecule has 98 valence electrons. The van der Waals surface area contributed by atoms with E-state index in [2.05, 4.69) is 15.9 Å². The van der Waals surface area contributed by atoms with Gasteiger partial charge in [-0.15, -0.1) is 0 Å². The van der Waals surface area contributed by atoms with Crippen LogP contribution in [0.2, 0.25) is 0 Å². The Hall–Kier alpha value is -0.870. The normalized spacial score (nSPS) is 23.7. The summed E-state index contributed by atoms with van der Waals surface area (Å²) >= 11 is 3.38. The molecule has 0 spiro atoms. The van der Waals surface area contributed by atoms with E-state index in [4.69, 9.17) is 0 Å². The van der Waals surface area contributed by atoms with Gasteiger partial charge in [0.2, 0.25) is 5.91 Å². The molecule has 1 saturated carbocycles. The van der Waals surface area contributed by atoms with Crippen molar-refractivity contribution < 1.29 is 9.90 Å². The second-order valence-corrected chi connectivity index (χ2v) is 5.79. The lowest BCUT2D eigenvalue weighted by molar-refractivity contribution is -0.123. The number of hydrogen-bond donors (Lipinski definition) is 1. The van der Waals surface area contributed by atoms with E-state index in [9.17, 15) is 9.90 Å². The molecule has 18 heavy (non-hydrogen) atoms. The van der Waals surface area contributed by atoms with E-state index in [0.717, 1.165) is 35.8 Å². The number of carbonyl (C=O) groups is 1. The SMILES string of the molecule is CN(C(=O)C1CCC(O)CC1)c1ccc(Br)cc1. The average Bonchev–Trinajstić information content (AvgIpc) is 2.39. The number of aliphatic hydroxyl groups is 1. The van der Waals surface area contributed by atoms with Gasteiger partial charge >= 0.3 is 0 Å². The number of nitrogens with zero attached hydrogens (tertiary/aromatic N) is 1. The third kappa shape index (κ3) is 3.12. The molecule has 1 aromatic carbocycles. The van der Waals surface area contributed by atoms with Crippen LogP contribution in [0.5, 0.6) is 0 Å². The van der Waals surface area contributed by atoms with Gasteiger partial charge in [0.1, 0.15) is 0 Å². The Balaban J connectivity index is 2.02. The van der Waals surface area contributed by atoms with Crippen molar-refractivity contribution in [1.82, 2.24) is 0 Å². The summed E-state index contributed by atoms with van der Waals surface area (Å²) in [4.78, 5) is 14.0. The number of amides is 1. The van der Waals surface area contributed by atoms with Crippen LogP contribution < -0.4 is 4.90 Å². The number of rotatable bonds is 2. The van der Waals surface area contributed by atoms with Gasteiger partial charge in [0, 0.05) is 23.1 Å². The Bertz CT molecular complexity index is 410. The number of halogens is 1. The Morgan fingerprint density at radius 2 is 1.78 bits per heavy atom. The number of carbonyl (C=O) groups excluding carboxylic acids is 1. The molecule has 0 aromatic heterocycles. The highest BCUT2D eigenvalue weighted by molar-refractivity contribution is 9.10. The molecule has 1 amide bonds. The minimum absolute atomic E-state index is 0.0575. The van der Waals surface area contributed by atoms with Gasteiger partial charge < -0.3 is 10.0 Å². The molecule has 0 aliphatic heterocycles. The summed E-state index contributed by atoms with van der Waals surface area (Å²) in [5, 5.41) is 9.46. The molecule has 0 radical (unpaired) electrons. The molecule has 1 N–H and O–H groups in total. The van der Waals surface area contributed by atoms with Crippen molar-refractivity contribution in [2.24, 2.45) is 5.92 Å². The fourth-order valence-corrected chi connectivity index (χ4v) is 2.65. The van der Waals surface area contributed by atoms with Crippen LogP contribution in [0.15, 0.2) is 28.7 Å². The molecule has 4 heteroatoms. The van der Waals surface area contributed by atoms with E-state index < -0.39 is 0 Å². The standard InChI is InChI=1S/C14H18BrNO2/c1-16(12-6-4-11(15)5-7-12)14(18)10-2-8-13(17)9-3-10/h4-7,10,13,17H,2-3,8-9H2,1H3. The fourth-order valence-electron chi connectivity index (χ4n) is 2.39. The maximum atomic E-state index is 12.3. The van der Waals surface area contributed by atoms with E-state index in [-0.39, 0.29) is 17.9 Å². The third-order valence-corrected chi connectivity index (χ3v) is 4.12. The van der Waals surface area contributed by atoms with Gasteiger partial charge in [-0.05, 0) is 49.9 Å². The highest BCUT2D eigenvalue weighted by atomic mass is 79.9. The summed E-state index contributed by atoms with van der Waals surface area (Å²) in [7, 11) is 1.82. The summed E-state index contributed by atoms with van der Waals surface area (Å²) in [6.45, 7) is 0. The number of hydrogen-bond acceptors (Lipinski definition) is 2. The minimum atomic E-state index is -0.216. The monoisotopic (exact) mass is 311 g/mol. The molecule has 1 aliphatic rings. The smallest absolute Gasteiger partial charge is 0.229 e. The van der Waals surface area contributed by atoms with E-state index in [1.54, 1.807) is 4.90 Å². The van der Waals surface area contributed by atoms with Crippen LogP contribution >= 0.6 is 15.9 Å². The van der Waals surface area contributed by atoms with Gasteiger partial charge in [-0.2, -0.15) is 0 Å². The van der Waals surface area contributed by atoms with Crippen LogP contribution in [0.25, 0.3) is 0 Å². The highest BCUT2D eigenvalue weighted by Gasteiger charge is 2.27. The van der Waals surface area contributed by atoms with E-state index >= 15 is 0 Å². The fraction of sp³-hybridized carbons (Fsp3) is 0.500. The molecular formula is C14H18BrNO2. The Morgan fingerprint density at radius 3 is 2.33 bits per heavy atom. The lowest BCUT2D eigenvalue weighted by Crippen LogP contribution is -2.35. The van der Waals surface area contributed by atoms with Crippen molar-refractivity contribution in [2.45, 2.75) is 31.8 Å². The molecule has 0 unspecified atom stereocenters. The van der Waals surface area contributed by atoms with E-state index in [1.807, 2.05) is 31.3 Å². The molecule has 0 heterocycles. The predicted molar refractivity (Wildman–Crippen MR) is 75.5 cm³/mol. The average molecular weight is 312 g/mol. The van der Waals surface area contributed by atoms with Crippen LogP contribution in [-0.4, -0.2) is 24.2 Å². The molecule has 0 saturated heterocycles. The maximum absolute atomic E-state index is 12.3. The molecule has 0 bridgehead atoms. The second kappa shape index (κ2) is 5.85. The van der Waals surface area contributed by atoms with Gasteiger partial charge in [-0.1, -0.05) is 15.9 Å². The van der Waals surface area contributed by atoms with Crippen molar-refractivity contribution in [1.29, 1.82) is 0 Å². The number of anilines is 1. The zero-order valence-corrected chi connectivity index (χ0v) is 12.1. The lowest BCUT2D eigenvalue weighted by Gasteiger charge is -2.28. The lowest BCUT2D eigenvalue weighted by atomic mass is 9.86. The van der Waals surface area contributed by atoms with Crippen LogP contribution in [0, 0.1) is 5.92 Å². The van der Waals surface area contributed by atoms with Gasteiger partial charge in [0.05, 0.1) is 6.10 Å². The van der Waals surface area contributed by atoms with Crippen molar-refractivity contribution in [3.05, 3.63) is 28.7 Å². The van der Waals surface area contributed by atoms with Crippen molar-refractivity contribution in [3.8, 4) is 0 Å². The summed E-state index contributed by atoms with van der Waals surface area (Å²) in [5.74, 6) is 0.214. The molecule has 3 nitrogen and oxygen atoms in total. The molecule has 1 fully saturated rings. The summed E-state index contributed by atoms with van der Waals surface area (Å²) in [6.07, 6.45) is 2.85. The first kappa shape index (κ1) is 13.6. The summed E-state index contributed by atoms with van der Waals surface area (Å²) in [5.41, 5.74) is 0.911. The number of aliphatic hydroxyl groups excluding tert-OH is 1. The summed E-state index contributed by atoms with van der Waals surface area (Å²) < 4.78 is 1.01. The predicted octanol–water partition coefficient (Wildman–Crippen LogP) is 2.96. The molecular weight excluding hydrogens is 294 g/mol. The zero-order valence-electron chi connectivity index (χ0n) is 10.5. The van der Waals surface area contributed by atoms with Crippen LogP contribution in [0.1, 0.15) is 25.7 Å². The van der Waals surface area contributed by atoms with Crippen molar-refractivity contribution in [2.75, 3.05) is 11.9 Å². The first-order valence-electron chi connectivity index (χ1n) is 6.29. The summed E-state index contributed by atoms with van der Waals surface area (Å²) in [6, 6.07) is 7.73. The molecule has 0 atom stereocenters. The highest BCUT2D eigenvalue weighted by Crippen LogP contribution is 2.27. The topological polar surface area (TPSA) is 40.5 Å². The second-order valence-electron chi connectivity index (χ2n) is 4.88. The Labute approximate surface area is 116 Å². The van der Waals surface area contributed by atoms with Gasteiger partial charge in [-0.3, -0.25) is 4.79 Å². The molecule has 1 aromatic rings. The first-order valence-corrected chi connectivity index (χ1v) is 7.08. The minimum Gasteiger partial charge on any atom is -0.393 e. The maximum Gasteiger partial charge on any atom is 0.229 e. The molecule has 1 aliphatic carbocycles.